The van der Waals surface area contributed by atoms with Crippen molar-refractivity contribution in [2.24, 2.45) is 0 Å². The third-order valence-corrected chi connectivity index (χ3v) is 0.329. The molecule has 0 heteroatoms. The topological polar surface area (TPSA) is 0 Å². The average molecular weight is 100 g/mol. The third-order valence-electron chi connectivity index (χ3n) is 0.329. The Bertz CT molecular complexity index is 42.0. The summed E-state index contributed by atoms with van der Waals surface area (Å²) < 4.78 is 0. The van der Waals surface area contributed by atoms with E-state index >= 15 is 0 Å². The van der Waals surface area contributed by atoms with E-state index in [9.17, 15) is 0 Å². The maximum absolute atomic E-state index is 3.46. The zero-order chi connectivity index (χ0) is 4.12. The van der Waals surface area contributed by atoms with Gasteiger partial charge in [0, 0.05) is 0 Å². The summed E-state index contributed by atoms with van der Waals surface area (Å²) in [6.07, 6.45) is 5.58. The van der Waals surface area contributed by atoms with Crippen LogP contribution in [0.25, 0.3) is 0 Å². The Balaban J connectivity index is -0.0000000800. The van der Waals surface area contributed by atoms with Crippen molar-refractivity contribution in [3.05, 3.63) is 24.8 Å². The van der Waals surface area contributed by atoms with Gasteiger partial charge in [-0.3, -0.25) is 0 Å². The highest BCUT2D eigenvalue weighted by Crippen LogP contribution is 1.64. The summed E-state index contributed by atoms with van der Waals surface area (Å²) in [4.78, 5) is 0. The zero-order valence-electron chi connectivity index (χ0n) is 3.44. The van der Waals surface area contributed by atoms with Gasteiger partial charge in [-0.2, -0.15) is 0 Å². The molecule has 0 bridgehead atoms. The molecular weight excluding hydrogens is 84.1 g/mol. The minimum absolute atomic E-state index is 0. The van der Waals surface area contributed by atoms with Crippen LogP contribution in [-0.4, -0.2) is 0 Å². The molecule has 0 aliphatic carbocycles. The summed E-state index contributed by atoms with van der Waals surface area (Å²) in [6, 6.07) is 0. The molecule has 0 fully saturated rings. The second kappa shape index (κ2) is 17.9. The van der Waals surface area contributed by atoms with Gasteiger partial charge in [-0.1, -0.05) is 39.7 Å². The Morgan fingerprint density at radius 3 is 1.71 bits per heavy atom. The summed E-state index contributed by atoms with van der Waals surface area (Å²) in [5, 5.41) is 0. The summed E-state index contributed by atoms with van der Waals surface area (Å²) in [6.45, 7) is 5.42. The highest BCUT2D eigenvalue weighted by atomic mass is 13.5. The van der Waals surface area contributed by atoms with E-state index in [4.69, 9.17) is 0 Å². The van der Waals surface area contributed by atoms with E-state index in [2.05, 4.69) is 6.58 Å². The fourth-order valence-electron chi connectivity index (χ4n) is 0.136. The van der Waals surface area contributed by atoms with Crippen LogP contribution in [0.2, 0.25) is 0 Å². The molecule has 0 saturated carbocycles. The van der Waals surface area contributed by atoms with Crippen LogP contribution in [-0.2, 0) is 0 Å². The molecule has 0 aromatic carbocycles. The van der Waals surface area contributed by atoms with Crippen molar-refractivity contribution in [3.63, 3.8) is 0 Å². The molecular formula is C7H16. The van der Waals surface area contributed by atoms with E-state index in [0.717, 1.165) is 0 Å². The largest absolute Gasteiger partial charge is 0.0991 e. The summed E-state index contributed by atoms with van der Waals surface area (Å²) >= 11 is 0. The maximum Gasteiger partial charge on any atom is -0.0467 e. The Kier molecular flexibility index (Phi) is 41.0. The zero-order valence-corrected chi connectivity index (χ0v) is 3.44. The molecule has 0 radical (unpaired) electrons. The molecule has 0 aliphatic heterocycles. The molecule has 0 atom stereocenters. The van der Waals surface area contributed by atoms with Crippen LogP contribution in [0.1, 0.15) is 21.8 Å². The minimum Gasteiger partial charge on any atom is -0.0991 e. The normalized spacial score (nSPS) is 6.43. The van der Waals surface area contributed by atoms with Crippen molar-refractivity contribution in [2.75, 3.05) is 0 Å². The third kappa shape index (κ3) is 30.3. The molecule has 0 rings (SSSR count). The molecule has 44 valence electrons. The van der Waals surface area contributed by atoms with Crippen molar-refractivity contribution >= 4 is 0 Å². The van der Waals surface area contributed by atoms with Gasteiger partial charge in [0.2, 0.25) is 0 Å². The van der Waals surface area contributed by atoms with Crippen LogP contribution in [0.5, 0.6) is 0 Å². The van der Waals surface area contributed by atoms with Gasteiger partial charge in [-0.25, -0.2) is 0 Å². The van der Waals surface area contributed by atoms with Crippen molar-refractivity contribution in [3.8, 4) is 0 Å². The van der Waals surface area contributed by atoms with Gasteiger partial charge in [0.25, 0.3) is 0 Å². The van der Waals surface area contributed by atoms with Crippen molar-refractivity contribution in [1.29, 1.82) is 0 Å². The van der Waals surface area contributed by atoms with Crippen molar-refractivity contribution in [2.45, 2.75) is 21.8 Å². The van der Waals surface area contributed by atoms with Gasteiger partial charge in [0.05, 0.1) is 0 Å². The van der Waals surface area contributed by atoms with Crippen molar-refractivity contribution in [1.82, 2.24) is 0 Å². The standard InChI is InChI=1S/C5H8.2CH4/c1-3-5-4-2;;/h3-5H,1H2,2H3;2*1H4. The van der Waals surface area contributed by atoms with Crippen molar-refractivity contribution < 1.29 is 0 Å². The first-order valence-corrected chi connectivity index (χ1v) is 1.65. The van der Waals surface area contributed by atoms with Crippen LogP contribution in [0, 0.1) is 0 Å². The lowest BCUT2D eigenvalue weighted by molar-refractivity contribution is 1.74. The van der Waals surface area contributed by atoms with Gasteiger partial charge in [0.15, 0.2) is 0 Å². The molecule has 0 aromatic rings. The van der Waals surface area contributed by atoms with E-state index < -0.39 is 0 Å². The lowest BCUT2D eigenvalue weighted by Gasteiger charge is -1.56. The Morgan fingerprint density at radius 1 is 1.29 bits per heavy atom. The number of hydrogen-bond donors (Lipinski definition) is 0. The van der Waals surface area contributed by atoms with E-state index in [-0.39, 0.29) is 14.9 Å². The Morgan fingerprint density at radius 2 is 1.71 bits per heavy atom. The molecule has 0 amide bonds. The maximum atomic E-state index is 3.46. The molecule has 0 aromatic heterocycles. The summed E-state index contributed by atoms with van der Waals surface area (Å²) in [7, 11) is 0. The molecule has 0 spiro atoms. The summed E-state index contributed by atoms with van der Waals surface area (Å²) in [5.74, 6) is 0. The lowest BCUT2D eigenvalue weighted by atomic mass is 10.5. The molecule has 0 nitrogen and oxygen atoms in total. The predicted octanol–water partition coefficient (Wildman–Crippen LogP) is 3.02. The summed E-state index contributed by atoms with van der Waals surface area (Å²) in [5.41, 5.74) is 0. The smallest absolute Gasteiger partial charge is 0.0467 e. The second-order valence-corrected chi connectivity index (χ2v) is 0.761. The minimum atomic E-state index is 0. The number of rotatable bonds is 1. The highest BCUT2D eigenvalue weighted by molar-refractivity contribution is 4.94. The first-order valence-electron chi connectivity index (χ1n) is 1.65. The van der Waals surface area contributed by atoms with Gasteiger partial charge in [0.1, 0.15) is 0 Å². The second-order valence-electron chi connectivity index (χ2n) is 0.761. The number of allylic oxidation sites excluding steroid dienone is 3. The van der Waals surface area contributed by atoms with Crippen LogP contribution >= 0.6 is 0 Å². The lowest BCUT2D eigenvalue weighted by Crippen LogP contribution is -1.33. The molecule has 0 aliphatic rings. The number of hydrogen-bond acceptors (Lipinski definition) is 0. The fourth-order valence-corrected chi connectivity index (χ4v) is 0.136. The Labute approximate surface area is 47.6 Å². The quantitative estimate of drug-likeness (QED) is 0.444. The van der Waals surface area contributed by atoms with Crippen LogP contribution in [0.4, 0.5) is 0 Å². The van der Waals surface area contributed by atoms with E-state index in [1.54, 1.807) is 6.08 Å². The van der Waals surface area contributed by atoms with E-state index in [1.807, 2.05) is 19.1 Å². The van der Waals surface area contributed by atoms with Gasteiger partial charge >= 0.3 is 0 Å². The SMILES string of the molecule is C.C.C=CC=CC. The van der Waals surface area contributed by atoms with Crippen LogP contribution < -0.4 is 0 Å². The molecule has 0 unspecified atom stereocenters. The van der Waals surface area contributed by atoms with E-state index in [0.29, 0.717) is 0 Å². The van der Waals surface area contributed by atoms with Crippen LogP contribution in [0.3, 0.4) is 0 Å². The van der Waals surface area contributed by atoms with Gasteiger partial charge in [-0.15, -0.1) is 0 Å². The Hall–Kier alpha value is -0.520. The monoisotopic (exact) mass is 100 g/mol. The molecule has 0 N–H and O–H groups in total. The fraction of sp³-hybridized carbons (Fsp3) is 0.429. The van der Waals surface area contributed by atoms with Gasteiger partial charge < -0.3 is 0 Å². The van der Waals surface area contributed by atoms with E-state index in [1.165, 1.54) is 0 Å². The first-order chi connectivity index (χ1) is 2.41. The first kappa shape index (κ1) is 16.1. The highest BCUT2D eigenvalue weighted by Gasteiger charge is 1.42. The average Bonchev–Trinajstić information content (AvgIpc) is 1.41. The predicted molar refractivity (Wildman–Crippen MR) is 38.5 cm³/mol. The molecule has 0 heterocycles. The molecule has 7 heavy (non-hydrogen) atoms. The molecule has 0 saturated heterocycles. The van der Waals surface area contributed by atoms with Gasteiger partial charge in [-0.05, 0) is 6.92 Å². The van der Waals surface area contributed by atoms with Crippen LogP contribution in [0.15, 0.2) is 24.8 Å².